The van der Waals surface area contributed by atoms with Crippen molar-refractivity contribution >= 4 is 38.5 Å². The highest BCUT2D eigenvalue weighted by atomic mass is 32.2. The molecule has 0 bridgehead atoms. The van der Waals surface area contributed by atoms with Gasteiger partial charge in [-0.3, -0.25) is 4.79 Å². The zero-order valence-electron chi connectivity index (χ0n) is 17.3. The SMILES string of the molecule is CSCCC(NS(=O)(=O)c1ccccc1F)C(=O)NC(C)c1ccc2ccccc2c1. The van der Waals surface area contributed by atoms with Crippen LogP contribution in [-0.4, -0.2) is 32.4 Å². The first kappa shape index (κ1) is 23.2. The van der Waals surface area contributed by atoms with Gasteiger partial charge in [0.1, 0.15) is 16.8 Å². The van der Waals surface area contributed by atoms with Crippen molar-refractivity contribution < 1.29 is 17.6 Å². The van der Waals surface area contributed by atoms with E-state index in [4.69, 9.17) is 0 Å². The molecule has 0 aliphatic rings. The molecule has 3 rings (SSSR count). The number of nitrogens with one attached hydrogen (secondary N) is 2. The molecule has 3 aromatic rings. The van der Waals surface area contributed by atoms with Crippen molar-refractivity contribution in [1.29, 1.82) is 0 Å². The van der Waals surface area contributed by atoms with Gasteiger partial charge in [0.2, 0.25) is 15.9 Å². The number of sulfonamides is 1. The molecule has 3 aromatic carbocycles. The average Bonchev–Trinajstić information content (AvgIpc) is 2.76. The molecule has 0 saturated carbocycles. The van der Waals surface area contributed by atoms with Crippen LogP contribution in [0, 0.1) is 5.82 Å². The van der Waals surface area contributed by atoms with Crippen LogP contribution >= 0.6 is 11.8 Å². The molecule has 2 atom stereocenters. The van der Waals surface area contributed by atoms with Gasteiger partial charge in [0, 0.05) is 0 Å². The molecule has 0 aliphatic heterocycles. The predicted molar refractivity (Wildman–Crippen MR) is 124 cm³/mol. The molecular formula is C23H25FN2O3S2. The third-order valence-corrected chi connectivity index (χ3v) is 7.13. The maximum absolute atomic E-state index is 14.0. The molecular weight excluding hydrogens is 435 g/mol. The summed E-state index contributed by atoms with van der Waals surface area (Å²) in [6.45, 7) is 1.85. The monoisotopic (exact) mass is 460 g/mol. The highest BCUT2D eigenvalue weighted by Crippen LogP contribution is 2.21. The Balaban J connectivity index is 1.77. The molecule has 0 fully saturated rings. The van der Waals surface area contributed by atoms with E-state index in [-0.39, 0.29) is 12.5 Å². The van der Waals surface area contributed by atoms with E-state index in [2.05, 4.69) is 10.0 Å². The number of carbonyl (C=O) groups is 1. The Morgan fingerprint density at radius 3 is 2.42 bits per heavy atom. The van der Waals surface area contributed by atoms with E-state index in [1.807, 2.05) is 55.6 Å². The summed E-state index contributed by atoms with van der Waals surface area (Å²) in [7, 11) is -4.19. The number of halogens is 1. The van der Waals surface area contributed by atoms with Crippen molar-refractivity contribution in [1.82, 2.24) is 10.0 Å². The van der Waals surface area contributed by atoms with E-state index in [9.17, 15) is 17.6 Å². The molecule has 0 aromatic heterocycles. The van der Waals surface area contributed by atoms with E-state index in [1.165, 1.54) is 30.0 Å². The van der Waals surface area contributed by atoms with Crippen LogP contribution in [0.2, 0.25) is 0 Å². The minimum atomic E-state index is -4.19. The van der Waals surface area contributed by atoms with Gasteiger partial charge >= 0.3 is 0 Å². The van der Waals surface area contributed by atoms with E-state index in [0.717, 1.165) is 22.4 Å². The molecule has 2 unspecified atom stereocenters. The highest BCUT2D eigenvalue weighted by molar-refractivity contribution is 7.98. The van der Waals surface area contributed by atoms with Gasteiger partial charge in [-0.05, 0) is 59.9 Å². The first-order valence-corrected chi connectivity index (χ1v) is 12.7. The Labute approximate surface area is 186 Å². The van der Waals surface area contributed by atoms with E-state index in [1.54, 1.807) is 0 Å². The molecule has 164 valence electrons. The lowest BCUT2D eigenvalue weighted by molar-refractivity contribution is -0.123. The second kappa shape index (κ2) is 10.3. The van der Waals surface area contributed by atoms with Crippen molar-refractivity contribution in [3.8, 4) is 0 Å². The molecule has 2 N–H and O–H groups in total. The van der Waals surface area contributed by atoms with Crippen LogP contribution in [0.3, 0.4) is 0 Å². The Bertz CT molecular complexity index is 1170. The first-order chi connectivity index (χ1) is 14.8. The molecule has 5 nitrogen and oxygen atoms in total. The fourth-order valence-electron chi connectivity index (χ4n) is 3.27. The Morgan fingerprint density at radius 2 is 1.71 bits per heavy atom. The lowest BCUT2D eigenvalue weighted by atomic mass is 10.0. The number of hydrogen-bond donors (Lipinski definition) is 2. The van der Waals surface area contributed by atoms with E-state index < -0.39 is 32.7 Å². The summed E-state index contributed by atoms with van der Waals surface area (Å²) in [5.41, 5.74) is 0.910. The van der Waals surface area contributed by atoms with Crippen LogP contribution in [0.4, 0.5) is 4.39 Å². The van der Waals surface area contributed by atoms with Crippen molar-refractivity contribution in [2.75, 3.05) is 12.0 Å². The number of carbonyl (C=O) groups excluding carboxylic acids is 1. The van der Waals surface area contributed by atoms with Crippen LogP contribution < -0.4 is 10.0 Å². The van der Waals surface area contributed by atoms with Gasteiger partial charge in [0.25, 0.3) is 0 Å². The average molecular weight is 461 g/mol. The van der Waals surface area contributed by atoms with Gasteiger partial charge in [-0.15, -0.1) is 0 Å². The Morgan fingerprint density at radius 1 is 1.03 bits per heavy atom. The standard InChI is InChI=1S/C23H25FN2O3S2/c1-16(18-12-11-17-7-3-4-8-19(17)15-18)25-23(27)21(13-14-30-2)26-31(28,29)22-10-6-5-9-20(22)24/h3-12,15-16,21,26H,13-14H2,1-2H3,(H,25,27). The fraction of sp³-hybridized carbons (Fsp3) is 0.261. The van der Waals surface area contributed by atoms with Gasteiger partial charge in [-0.25, -0.2) is 12.8 Å². The Hall–Kier alpha value is -2.42. The number of benzene rings is 3. The lowest BCUT2D eigenvalue weighted by Crippen LogP contribution is -2.47. The zero-order chi connectivity index (χ0) is 22.4. The normalized spacial score (nSPS) is 13.6. The number of rotatable bonds is 9. The number of hydrogen-bond acceptors (Lipinski definition) is 4. The maximum Gasteiger partial charge on any atom is 0.244 e. The van der Waals surface area contributed by atoms with Gasteiger partial charge in [0.15, 0.2) is 0 Å². The van der Waals surface area contributed by atoms with Crippen LogP contribution in [0.1, 0.15) is 24.9 Å². The summed E-state index contributed by atoms with van der Waals surface area (Å²) < 4.78 is 41.8. The largest absolute Gasteiger partial charge is 0.348 e. The van der Waals surface area contributed by atoms with Crippen LogP contribution in [0.25, 0.3) is 10.8 Å². The van der Waals surface area contributed by atoms with Crippen molar-refractivity contribution in [3.05, 3.63) is 78.1 Å². The van der Waals surface area contributed by atoms with E-state index >= 15 is 0 Å². The van der Waals surface area contributed by atoms with Crippen LogP contribution in [0.15, 0.2) is 71.6 Å². The summed E-state index contributed by atoms with van der Waals surface area (Å²) in [4.78, 5) is 12.5. The molecule has 31 heavy (non-hydrogen) atoms. The maximum atomic E-state index is 14.0. The number of fused-ring (bicyclic) bond motifs is 1. The number of thioether (sulfide) groups is 1. The minimum Gasteiger partial charge on any atom is -0.348 e. The quantitative estimate of drug-likeness (QED) is 0.500. The fourth-order valence-corrected chi connectivity index (χ4v) is 5.05. The van der Waals surface area contributed by atoms with Crippen molar-refractivity contribution in [3.63, 3.8) is 0 Å². The molecule has 0 spiro atoms. The smallest absolute Gasteiger partial charge is 0.244 e. The van der Waals surface area contributed by atoms with Crippen LogP contribution in [0.5, 0.6) is 0 Å². The summed E-state index contributed by atoms with van der Waals surface area (Å²) in [6, 6.07) is 17.6. The summed E-state index contributed by atoms with van der Waals surface area (Å²) in [5, 5.41) is 5.04. The first-order valence-electron chi connectivity index (χ1n) is 9.86. The lowest BCUT2D eigenvalue weighted by Gasteiger charge is -2.22. The summed E-state index contributed by atoms with van der Waals surface area (Å²) in [5.74, 6) is -0.736. The van der Waals surface area contributed by atoms with Crippen molar-refractivity contribution in [2.45, 2.75) is 30.3 Å². The third kappa shape index (κ3) is 5.84. The molecule has 0 heterocycles. The van der Waals surface area contributed by atoms with Crippen LogP contribution in [-0.2, 0) is 14.8 Å². The highest BCUT2D eigenvalue weighted by Gasteiger charge is 2.28. The molecule has 0 saturated heterocycles. The van der Waals surface area contributed by atoms with Gasteiger partial charge in [0.05, 0.1) is 6.04 Å². The van der Waals surface area contributed by atoms with Gasteiger partial charge in [-0.2, -0.15) is 16.5 Å². The predicted octanol–water partition coefficient (Wildman–Crippen LogP) is 4.26. The second-order valence-electron chi connectivity index (χ2n) is 7.22. The summed E-state index contributed by atoms with van der Waals surface area (Å²) >= 11 is 1.50. The molecule has 0 aliphatic carbocycles. The molecule has 1 amide bonds. The third-order valence-electron chi connectivity index (χ3n) is 4.98. The van der Waals surface area contributed by atoms with Gasteiger partial charge < -0.3 is 5.32 Å². The Kier molecular flexibility index (Phi) is 7.69. The second-order valence-corrected chi connectivity index (χ2v) is 9.89. The van der Waals surface area contributed by atoms with Gasteiger partial charge in [-0.1, -0.05) is 48.5 Å². The van der Waals surface area contributed by atoms with Crippen molar-refractivity contribution in [2.24, 2.45) is 0 Å². The molecule has 8 heteroatoms. The van der Waals surface area contributed by atoms with E-state index in [0.29, 0.717) is 5.75 Å². The molecule has 0 radical (unpaired) electrons. The number of amides is 1. The summed E-state index contributed by atoms with van der Waals surface area (Å²) in [6.07, 6.45) is 2.16. The topological polar surface area (TPSA) is 75.3 Å². The minimum absolute atomic E-state index is 0.283. The zero-order valence-corrected chi connectivity index (χ0v) is 19.0.